The molecule has 7 heteroatoms. The first-order chi connectivity index (χ1) is 11.6. The summed E-state index contributed by atoms with van der Waals surface area (Å²) >= 11 is 0. The predicted molar refractivity (Wildman–Crippen MR) is 89.8 cm³/mol. The SMILES string of the molecule is CN(C)C(=O)COCC[C@H]1CCOC2(C1)CN(c1ncccn1)C2. The molecule has 1 spiro atoms. The van der Waals surface area contributed by atoms with Gasteiger partial charge in [0.15, 0.2) is 0 Å². The molecule has 0 N–H and O–H groups in total. The Morgan fingerprint density at radius 3 is 2.88 bits per heavy atom. The summed E-state index contributed by atoms with van der Waals surface area (Å²) in [6, 6.07) is 1.83. The van der Waals surface area contributed by atoms with E-state index in [4.69, 9.17) is 9.47 Å². The third kappa shape index (κ3) is 4.02. The van der Waals surface area contributed by atoms with Gasteiger partial charge in [-0.2, -0.15) is 0 Å². The van der Waals surface area contributed by atoms with E-state index in [1.165, 1.54) is 0 Å². The van der Waals surface area contributed by atoms with E-state index in [0.29, 0.717) is 12.5 Å². The zero-order chi connectivity index (χ0) is 17.0. The lowest BCUT2D eigenvalue weighted by Crippen LogP contribution is -2.65. The number of carbonyl (C=O) groups is 1. The van der Waals surface area contributed by atoms with Crippen molar-refractivity contribution in [3.05, 3.63) is 18.5 Å². The molecule has 1 amide bonds. The van der Waals surface area contributed by atoms with Gasteiger partial charge in [-0.05, 0) is 31.2 Å². The van der Waals surface area contributed by atoms with Crippen molar-refractivity contribution in [3.63, 3.8) is 0 Å². The third-order valence-corrected chi connectivity index (χ3v) is 4.78. The van der Waals surface area contributed by atoms with Crippen LogP contribution >= 0.6 is 0 Å². The van der Waals surface area contributed by atoms with Gasteiger partial charge in [-0.1, -0.05) is 0 Å². The molecule has 0 aromatic carbocycles. The van der Waals surface area contributed by atoms with Crippen LogP contribution in [0.5, 0.6) is 0 Å². The molecule has 0 unspecified atom stereocenters. The first-order valence-corrected chi connectivity index (χ1v) is 8.52. The third-order valence-electron chi connectivity index (χ3n) is 4.78. The number of anilines is 1. The van der Waals surface area contributed by atoms with Gasteiger partial charge in [0.25, 0.3) is 0 Å². The largest absolute Gasteiger partial charge is 0.372 e. The van der Waals surface area contributed by atoms with Gasteiger partial charge in [-0.15, -0.1) is 0 Å². The number of amides is 1. The first-order valence-electron chi connectivity index (χ1n) is 8.52. The summed E-state index contributed by atoms with van der Waals surface area (Å²) in [5.41, 5.74) is -0.0540. The number of nitrogens with zero attached hydrogens (tertiary/aromatic N) is 4. The zero-order valence-electron chi connectivity index (χ0n) is 14.5. The van der Waals surface area contributed by atoms with Crippen molar-refractivity contribution in [2.24, 2.45) is 5.92 Å². The summed E-state index contributed by atoms with van der Waals surface area (Å²) in [6.07, 6.45) is 6.62. The van der Waals surface area contributed by atoms with Crippen LogP contribution in [0.3, 0.4) is 0 Å². The van der Waals surface area contributed by atoms with E-state index in [2.05, 4.69) is 14.9 Å². The van der Waals surface area contributed by atoms with E-state index >= 15 is 0 Å². The normalized spacial score (nSPS) is 22.2. The average Bonchev–Trinajstić information content (AvgIpc) is 2.57. The Balaban J connectivity index is 1.40. The topological polar surface area (TPSA) is 67.8 Å². The maximum absolute atomic E-state index is 11.5. The summed E-state index contributed by atoms with van der Waals surface area (Å²) in [6.45, 7) is 3.30. The van der Waals surface area contributed by atoms with E-state index in [1.54, 1.807) is 31.4 Å². The summed E-state index contributed by atoms with van der Waals surface area (Å²) in [5, 5.41) is 0. The lowest BCUT2D eigenvalue weighted by Gasteiger charge is -2.53. The second-order valence-electron chi connectivity index (χ2n) is 6.92. The minimum Gasteiger partial charge on any atom is -0.372 e. The Hall–Kier alpha value is -1.73. The number of hydrogen-bond acceptors (Lipinski definition) is 6. The molecule has 2 fully saturated rings. The van der Waals surface area contributed by atoms with Crippen LogP contribution in [0.4, 0.5) is 5.95 Å². The van der Waals surface area contributed by atoms with Crippen molar-refractivity contribution in [2.75, 3.05) is 51.9 Å². The highest BCUT2D eigenvalue weighted by Gasteiger charge is 2.48. The van der Waals surface area contributed by atoms with E-state index in [1.807, 2.05) is 6.07 Å². The number of carbonyl (C=O) groups excluding carboxylic acids is 1. The summed E-state index contributed by atoms with van der Waals surface area (Å²) < 4.78 is 11.6. The second-order valence-corrected chi connectivity index (χ2v) is 6.92. The fourth-order valence-corrected chi connectivity index (χ4v) is 3.38. The molecule has 1 aromatic rings. The van der Waals surface area contributed by atoms with E-state index in [0.717, 1.165) is 44.9 Å². The fraction of sp³-hybridized carbons (Fsp3) is 0.706. The van der Waals surface area contributed by atoms with Crippen molar-refractivity contribution in [3.8, 4) is 0 Å². The fourth-order valence-electron chi connectivity index (χ4n) is 3.38. The number of aromatic nitrogens is 2. The zero-order valence-corrected chi connectivity index (χ0v) is 14.5. The first kappa shape index (κ1) is 17.1. The number of rotatable bonds is 6. The van der Waals surface area contributed by atoms with E-state index < -0.39 is 0 Å². The quantitative estimate of drug-likeness (QED) is 0.722. The van der Waals surface area contributed by atoms with Gasteiger partial charge in [-0.3, -0.25) is 4.79 Å². The van der Waals surface area contributed by atoms with Crippen LogP contribution in [-0.2, 0) is 14.3 Å². The van der Waals surface area contributed by atoms with Gasteiger partial charge < -0.3 is 19.3 Å². The molecule has 0 bridgehead atoms. The Morgan fingerprint density at radius 2 is 2.17 bits per heavy atom. The predicted octanol–water partition coefficient (Wildman–Crippen LogP) is 0.957. The molecule has 3 heterocycles. The molecule has 132 valence electrons. The van der Waals surface area contributed by atoms with Crippen LogP contribution in [0.2, 0.25) is 0 Å². The highest BCUT2D eigenvalue weighted by molar-refractivity contribution is 5.76. The van der Waals surface area contributed by atoms with E-state index in [9.17, 15) is 4.79 Å². The van der Waals surface area contributed by atoms with E-state index in [-0.39, 0.29) is 18.1 Å². The maximum Gasteiger partial charge on any atom is 0.248 e. The lowest BCUT2D eigenvalue weighted by atomic mass is 9.79. The van der Waals surface area contributed by atoms with Gasteiger partial charge in [0.05, 0.1) is 13.1 Å². The molecule has 2 saturated heterocycles. The monoisotopic (exact) mass is 334 g/mol. The van der Waals surface area contributed by atoms with Crippen molar-refractivity contribution < 1.29 is 14.3 Å². The molecular formula is C17H26N4O3. The molecule has 0 saturated carbocycles. The molecule has 2 aliphatic heterocycles. The van der Waals surface area contributed by atoms with Crippen LogP contribution in [0, 0.1) is 5.92 Å². The van der Waals surface area contributed by atoms with Crippen LogP contribution in [0.15, 0.2) is 18.5 Å². The Bertz CT molecular complexity index is 546. The van der Waals surface area contributed by atoms with Gasteiger partial charge in [0.2, 0.25) is 11.9 Å². The Labute approximate surface area is 143 Å². The highest BCUT2D eigenvalue weighted by Crippen LogP contribution is 2.39. The minimum absolute atomic E-state index is 0.0101. The van der Waals surface area contributed by atoms with Crippen molar-refractivity contribution in [1.29, 1.82) is 0 Å². The maximum atomic E-state index is 11.5. The van der Waals surface area contributed by atoms with Crippen LogP contribution in [0.25, 0.3) is 0 Å². The van der Waals surface area contributed by atoms with Crippen molar-refractivity contribution in [1.82, 2.24) is 14.9 Å². The molecule has 24 heavy (non-hydrogen) atoms. The standard InChI is InChI=1S/C17H26N4O3/c1-20(2)15(22)11-23-8-4-14-5-9-24-17(10-14)12-21(13-17)16-18-6-3-7-19-16/h3,6-7,14H,4-5,8-13H2,1-2H3/t14-/m0/s1. The Kier molecular flexibility index (Phi) is 5.30. The average molecular weight is 334 g/mol. The molecular weight excluding hydrogens is 308 g/mol. The summed E-state index contributed by atoms with van der Waals surface area (Å²) in [5.74, 6) is 1.38. The lowest BCUT2D eigenvalue weighted by molar-refractivity contribution is -0.134. The molecule has 0 aliphatic carbocycles. The van der Waals surface area contributed by atoms with Crippen LogP contribution in [0.1, 0.15) is 19.3 Å². The highest BCUT2D eigenvalue weighted by atomic mass is 16.5. The van der Waals surface area contributed by atoms with Crippen LogP contribution in [-0.4, -0.2) is 73.4 Å². The molecule has 1 aromatic heterocycles. The van der Waals surface area contributed by atoms with Gasteiger partial charge >= 0.3 is 0 Å². The number of ether oxygens (including phenoxy) is 2. The molecule has 1 atom stereocenters. The van der Waals surface area contributed by atoms with Crippen molar-refractivity contribution in [2.45, 2.75) is 24.9 Å². The summed E-state index contributed by atoms with van der Waals surface area (Å²) in [4.78, 5) is 23.8. The molecule has 3 rings (SSSR count). The van der Waals surface area contributed by atoms with Gasteiger partial charge in [0, 0.05) is 39.7 Å². The van der Waals surface area contributed by atoms with Gasteiger partial charge in [0.1, 0.15) is 12.2 Å². The second kappa shape index (κ2) is 7.44. The van der Waals surface area contributed by atoms with Crippen LogP contribution < -0.4 is 4.90 Å². The molecule has 0 radical (unpaired) electrons. The molecule has 7 nitrogen and oxygen atoms in total. The Morgan fingerprint density at radius 1 is 1.42 bits per heavy atom. The van der Waals surface area contributed by atoms with Crippen molar-refractivity contribution >= 4 is 11.9 Å². The minimum atomic E-state index is -0.0540. The smallest absolute Gasteiger partial charge is 0.248 e. The van der Waals surface area contributed by atoms with Gasteiger partial charge in [-0.25, -0.2) is 9.97 Å². The number of likely N-dealkylation sites (N-methyl/N-ethyl adjacent to an activating group) is 1. The summed E-state index contributed by atoms with van der Waals surface area (Å²) in [7, 11) is 3.49. The molecule has 2 aliphatic rings. The number of hydrogen-bond donors (Lipinski definition) is 0.